The van der Waals surface area contributed by atoms with Crippen molar-refractivity contribution < 1.29 is 104 Å². The van der Waals surface area contributed by atoms with Crippen molar-refractivity contribution in [3.8, 4) is 0 Å². The van der Waals surface area contributed by atoms with Crippen molar-refractivity contribution in [3.63, 3.8) is 0 Å². The number of rotatable bonds is 0. The summed E-state index contributed by atoms with van der Waals surface area (Å²) in [6.45, 7) is 0. The molecule has 0 fully saturated rings. The van der Waals surface area contributed by atoms with Gasteiger partial charge in [-0.25, -0.2) is 9.59 Å². The van der Waals surface area contributed by atoms with E-state index in [-0.39, 0.29) is 73.8 Å². The summed E-state index contributed by atoms with van der Waals surface area (Å²) in [5.74, 6) is 0. The van der Waals surface area contributed by atoms with Crippen LogP contribution in [0.25, 0.3) is 0 Å². The minimum atomic E-state index is -1.83. The van der Waals surface area contributed by atoms with Crippen LogP contribution in [0.2, 0.25) is 0 Å². The third-order valence-corrected chi connectivity index (χ3v) is 0. The molecule has 0 aromatic carbocycles. The molecule has 0 amide bonds. The van der Waals surface area contributed by atoms with Crippen molar-refractivity contribution in [2.45, 2.75) is 0 Å². The van der Waals surface area contributed by atoms with E-state index in [1.165, 1.54) is 0 Å². The third kappa shape index (κ3) is 4210. The number of hydrogen-bond donors (Lipinski definition) is 4. The van der Waals surface area contributed by atoms with Gasteiger partial charge in [-0.1, -0.05) is 0 Å². The van der Waals surface area contributed by atoms with Gasteiger partial charge in [-0.2, -0.15) is 0 Å². The quantitative estimate of drug-likeness (QED) is 0.410. The van der Waals surface area contributed by atoms with Crippen LogP contribution >= 0.6 is 0 Å². The van der Waals surface area contributed by atoms with Crippen molar-refractivity contribution in [3.05, 3.63) is 0 Å². The van der Waals surface area contributed by atoms with Crippen molar-refractivity contribution in [2.24, 2.45) is 0 Å². The van der Waals surface area contributed by atoms with Crippen LogP contribution in [-0.4, -0.2) is 38.2 Å². The fourth-order valence-corrected chi connectivity index (χ4v) is 0. The minimum absolute atomic E-state index is 0. The Hall–Kier alpha value is 0.578. The molecule has 100 valence electrons. The molecule has 13 heavy (non-hydrogen) atoms. The van der Waals surface area contributed by atoms with E-state index in [0.717, 1.165) is 0 Å². The summed E-state index contributed by atoms with van der Waals surface area (Å²) in [5.41, 5.74) is 0. The van der Waals surface area contributed by atoms with E-state index in [4.69, 9.17) is 30.0 Å². The average Bonchev–Trinajstić information content (AvgIpc) is 1.25. The van der Waals surface area contributed by atoms with E-state index < -0.39 is 12.3 Å². The Bertz CT molecular complexity index is 76.5. The maximum Gasteiger partial charge on any atom is 0.503 e. The van der Waals surface area contributed by atoms with Gasteiger partial charge in [-0.05, 0) is 0 Å². The Morgan fingerprint density at radius 1 is 0.615 bits per heavy atom. The molecule has 0 saturated carbocycles. The summed E-state index contributed by atoms with van der Waals surface area (Å²) in [7, 11) is 0. The molecular weight excluding hydrogens is 390 g/mol. The Balaban J connectivity index is -0.00000000800. The first-order valence-electron chi connectivity index (χ1n) is 1.30. The molecule has 7 nitrogen and oxygen atoms in total. The Labute approximate surface area is 115 Å². The van der Waals surface area contributed by atoms with Crippen molar-refractivity contribution in [1.82, 2.24) is 0 Å². The predicted octanol–water partition coefficient (Wildman–Crippen LogP) is -0.390. The maximum absolute atomic E-state index is 8.56. The molecule has 0 spiro atoms. The first kappa shape index (κ1) is 49.6. The third-order valence-electron chi connectivity index (χ3n) is 0. The van der Waals surface area contributed by atoms with Gasteiger partial charge < -0.3 is 25.9 Å². The second kappa shape index (κ2) is 39.0. The zero-order chi connectivity index (χ0) is 7.15. The van der Waals surface area contributed by atoms with Gasteiger partial charge >= 0.3 is 12.3 Å². The van der Waals surface area contributed by atoms with Gasteiger partial charge in [0.15, 0.2) is 0 Å². The SMILES string of the molecule is O.O=C(O)O.O=C(O)O.[Cu].[Cu].[Cu].[Cu]. The van der Waals surface area contributed by atoms with Crippen LogP contribution in [0.5, 0.6) is 0 Å². The van der Waals surface area contributed by atoms with E-state index in [9.17, 15) is 0 Å². The van der Waals surface area contributed by atoms with E-state index in [1.807, 2.05) is 0 Å². The topological polar surface area (TPSA) is 147 Å². The van der Waals surface area contributed by atoms with Gasteiger partial charge in [0, 0.05) is 68.3 Å². The fourth-order valence-electron chi connectivity index (χ4n) is 0. The molecule has 0 atom stereocenters. The van der Waals surface area contributed by atoms with Crippen molar-refractivity contribution >= 4 is 12.3 Å². The maximum atomic E-state index is 8.56. The van der Waals surface area contributed by atoms with Crippen LogP contribution in [-0.2, 0) is 68.3 Å². The van der Waals surface area contributed by atoms with Gasteiger partial charge in [-0.3, -0.25) is 0 Å². The molecule has 0 rings (SSSR count). The molecule has 0 aliphatic carbocycles. The van der Waals surface area contributed by atoms with Crippen LogP contribution in [0.1, 0.15) is 0 Å². The van der Waals surface area contributed by atoms with Gasteiger partial charge in [-0.15, -0.1) is 0 Å². The standard InChI is InChI=1S/2CH2O3.4Cu.H2O/c2*2-1(3)4;;;;;/h2*(H2,2,3,4);;;;;1H2. The molecule has 0 aliphatic heterocycles. The molecule has 0 aliphatic rings. The smallest absolute Gasteiger partial charge is 0.450 e. The zero-order valence-electron chi connectivity index (χ0n) is 5.31. The summed E-state index contributed by atoms with van der Waals surface area (Å²) in [6.07, 6.45) is -3.67. The average molecular weight is 396 g/mol. The monoisotopic (exact) mass is 394 g/mol. The van der Waals surface area contributed by atoms with Gasteiger partial charge in [0.1, 0.15) is 0 Å². The molecule has 11 heteroatoms. The Kier molecular flexibility index (Phi) is 149. The van der Waals surface area contributed by atoms with Crippen LogP contribution in [0, 0.1) is 0 Å². The van der Waals surface area contributed by atoms with E-state index in [0.29, 0.717) is 0 Å². The molecular formula is C2H6Cu4O7. The summed E-state index contributed by atoms with van der Waals surface area (Å²) < 4.78 is 0. The minimum Gasteiger partial charge on any atom is -0.450 e. The van der Waals surface area contributed by atoms with Crippen molar-refractivity contribution in [1.29, 1.82) is 0 Å². The molecule has 0 aromatic rings. The summed E-state index contributed by atoms with van der Waals surface area (Å²) >= 11 is 0. The van der Waals surface area contributed by atoms with Gasteiger partial charge in [0.05, 0.1) is 0 Å². The van der Waals surface area contributed by atoms with E-state index in [1.54, 1.807) is 0 Å². The van der Waals surface area contributed by atoms with Crippen molar-refractivity contribution in [2.75, 3.05) is 0 Å². The number of carboxylic acid groups (broad SMARTS) is 4. The second-order valence-electron chi connectivity index (χ2n) is 0.565. The number of carbonyl (C=O) groups is 2. The van der Waals surface area contributed by atoms with Crippen LogP contribution in [0.3, 0.4) is 0 Å². The van der Waals surface area contributed by atoms with Crippen LogP contribution in [0.4, 0.5) is 9.59 Å². The van der Waals surface area contributed by atoms with Gasteiger partial charge in [0.2, 0.25) is 0 Å². The fraction of sp³-hybridized carbons (Fsp3) is 0. The first-order chi connectivity index (χ1) is 3.46. The van der Waals surface area contributed by atoms with Gasteiger partial charge in [0.25, 0.3) is 0 Å². The second-order valence-corrected chi connectivity index (χ2v) is 0.565. The first-order valence-corrected chi connectivity index (χ1v) is 1.30. The molecule has 0 bridgehead atoms. The summed E-state index contributed by atoms with van der Waals surface area (Å²) in [4.78, 5) is 17.1. The normalized spacial score (nSPS) is 3.69. The molecule has 4 radical (unpaired) electrons. The van der Waals surface area contributed by atoms with E-state index in [2.05, 4.69) is 0 Å². The van der Waals surface area contributed by atoms with Crippen LogP contribution in [0.15, 0.2) is 0 Å². The summed E-state index contributed by atoms with van der Waals surface area (Å²) in [5, 5.41) is 27.9. The predicted molar refractivity (Wildman–Crippen MR) is 24.9 cm³/mol. The number of hydrogen-bond acceptors (Lipinski definition) is 2. The van der Waals surface area contributed by atoms with Crippen LogP contribution < -0.4 is 0 Å². The molecule has 0 aromatic heterocycles. The molecule has 0 unspecified atom stereocenters. The van der Waals surface area contributed by atoms with E-state index >= 15 is 0 Å². The molecule has 0 heterocycles. The molecule has 0 saturated heterocycles. The largest absolute Gasteiger partial charge is 0.503 e. The molecule has 6 N–H and O–H groups in total. The Morgan fingerprint density at radius 2 is 0.615 bits per heavy atom. The summed E-state index contributed by atoms with van der Waals surface area (Å²) in [6, 6.07) is 0. The zero-order valence-corrected chi connectivity index (χ0v) is 9.08. The Morgan fingerprint density at radius 3 is 0.615 bits per heavy atom.